The maximum atomic E-state index is 10.5. The molecule has 1 N–H and O–H groups in total. The highest BCUT2D eigenvalue weighted by atomic mass is 16.5. The van der Waals surface area contributed by atoms with Crippen LogP contribution in [0.15, 0.2) is 24.3 Å². The summed E-state index contributed by atoms with van der Waals surface area (Å²) in [5, 5.41) is 8.60. The molecule has 0 saturated heterocycles. The fourth-order valence-electron chi connectivity index (χ4n) is 3.36. The molecule has 1 rings (SSSR count). The van der Waals surface area contributed by atoms with E-state index in [2.05, 4.69) is 19.1 Å². The first-order valence-corrected chi connectivity index (χ1v) is 11.2. The van der Waals surface area contributed by atoms with Gasteiger partial charge in [0.25, 0.3) is 0 Å². The van der Waals surface area contributed by atoms with E-state index in [4.69, 9.17) is 9.84 Å². The van der Waals surface area contributed by atoms with Crippen molar-refractivity contribution < 1.29 is 14.6 Å². The lowest BCUT2D eigenvalue weighted by Gasteiger charge is -2.06. The van der Waals surface area contributed by atoms with Crippen LogP contribution in [0.5, 0.6) is 5.75 Å². The van der Waals surface area contributed by atoms with Crippen molar-refractivity contribution >= 4 is 5.97 Å². The minimum atomic E-state index is -0.825. The molecule has 0 spiro atoms. The summed E-state index contributed by atoms with van der Waals surface area (Å²) in [4.78, 5) is 10.5. The van der Waals surface area contributed by atoms with E-state index in [-0.39, 0.29) is 13.0 Å². The highest BCUT2D eigenvalue weighted by Gasteiger charge is 2.00. The Morgan fingerprint density at radius 3 is 1.74 bits per heavy atom. The molecule has 0 aliphatic heterocycles. The Labute approximate surface area is 166 Å². The number of hydrogen-bond acceptors (Lipinski definition) is 2. The summed E-state index contributed by atoms with van der Waals surface area (Å²) >= 11 is 0. The van der Waals surface area contributed by atoms with Gasteiger partial charge in [0.2, 0.25) is 0 Å². The van der Waals surface area contributed by atoms with Crippen molar-refractivity contribution in [1.82, 2.24) is 0 Å². The molecule has 0 aromatic heterocycles. The lowest BCUT2D eigenvalue weighted by Crippen LogP contribution is -2.04. The van der Waals surface area contributed by atoms with Crippen molar-refractivity contribution in [3.63, 3.8) is 0 Å². The van der Waals surface area contributed by atoms with Gasteiger partial charge in [-0.2, -0.15) is 0 Å². The van der Waals surface area contributed by atoms with E-state index < -0.39 is 5.97 Å². The van der Waals surface area contributed by atoms with Crippen LogP contribution in [0.2, 0.25) is 0 Å². The smallest absolute Gasteiger partial charge is 0.306 e. The van der Waals surface area contributed by atoms with Crippen LogP contribution in [0.4, 0.5) is 0 Å². The van der Waals surface area contributed by atoms with Gasteiger partial charge in [-0.25, -0.2) is 0 Å². The van der Waals surface area contributed by atoms with Gasteiger partial charge in [-0.1, -0.05) is 96.1 Å². The molecule has 0 unspecified atom stereocenters. The summed E-state index contributed by atoms with van der Waals surface area (Å²) in [6.45, 7) is 2.51. The monoisotopic (exact) mass is 376 g/mol. The van der Waals surface area contributed by atoms with E-state index in [0.717, 1.165) is 12.2 Å². The predicted octanol–water partition coefficient (Wildman–Crippen LogP) is 7.17. The van der Waals surface area contributed by atoms with Gasteiger partial charge in [-0.3, -0.25) is 4.79 Å². The van der Waals surface area contributed by atoms with E-state index in [1.165, 1.54) is 89.0 Å². The van der Waals surface area contributed by atoms with E-state index >= 15 is 0 Å². The van der Waals surface area contributed by atoms with Crippen LogP contribution in [0.3, 0.4) is 0 Å². The fraction of sp³-hybridized carbons (Fsp3) is 0.708. The Bertz CT molecular complexity index is 467. The second-order valence-electron chi connectivity index (χ2n) is 7.63. The Hall–Kier alpha value is -1.51. The quantitative estimate of drug-likeness (QED) is 0.276. The second-order valence-corrected chi connectivity index (χ2v) is 7.63. The molecular formula is C24H40O3. The van der Waals surface area contributed by atoms with Crippen LogP contribution in [0.1, 0.15) is 102 Å². The molecule has 0 aliphatic carbocycles. The Morgan fingerprint density at radius 1 is 0.778 bits per heavy atom. The van der Waals surface area contributed by atoms with E-state index in [9.17, 15) is 4.79 Å². The molecule has 1 aromatic carbocycles. The van der Waals surface area contributed by atoms with Gasteiger partial charge in [0.05, 0.1) is 13.0 Å². The fourth-order valence-corrected chi connectivity index (χ4v) is 3.36. The summed E-state index contributed by atoms with van der Waals surface area (Å²) in [5.74, 6) is -0.0700. The van der Waals surface area contributed by atoms with Crippen molar-refractivity contribution in [3.8, 4) is 5.75 Å². The van der Waals surface area contributed by atoms with Gasteiger partial charge in [-0.15, -0.1) is 0 Å². The standard InChI is InChI=1S/C24H40O3/c1-2-3-4-5-6-7-8-9-10-11-12-13-14-15-22-16-18-23(19-17-22)27-21-20-24(25)26/h16-19H,2-15,20-21H2,1H3,(H,25,26). The highest BCUT2D eigenvalue weighted by molar-refractivity contribution is 5.66. The van der Waals surface area contributed by atoms with Crippen molar-refractivity contribution in [2.75, 3.05) is 6.61 Å². The number of aryl methyl sites for hydroxylation is 1. The highest BCUT2D eigenvalue weighted by Crippen LogP contribution is 2.16. The molecule has 3 heteroatoms. The molecule has 0 radical (unpaired) electrons. The third-order valence-electron chi connectivity index (χ3n) is 5.08. The predicted molar refractivity (Wildman–Crippen MR) is 114 cm³/mol. The lowest BCUT2D eigenvalue weighted by atomic mass is 10.0. The Morgan fingerprint density at radius 2 is 1.26 bits per heavy atom. The topological polar surface area (TPSA) is 46.5 Å². The van der Waals surface area contributed by atoms with Gasteiger partial charge < -0.3 is 9.84 Å². The number of aliphatic carboxylic acids is 1. The van der Waals surface area contributed by atoms with E-state index in [0.29, 0.717) is 0 Å². The number of carboxylic acid groups (broad SMARTS) is 1. The minimum absolute atomic E-state index is 0.0424. The molecule has 0 bridgehead atoms. The summed E-state index contributed by atoms with van der Waals surface area (Å²) in [6, 6.07) is 8.08. The molecule has 0 amide bonds. The van der Waals surface area contributed by atoms with Crippen molar-refractivity contribution in [1.29, 1.82) is 0 Å². The molecule has 0 aliphatic rings. The van der Waals surface area contributed by atoms with Crippen LogP contribution < -0.4 is 4.74 Å². The average molecular weight is 377 g/mol. The normalized spacial score (nSPS) is 10.9. The SMILES string of the molecule is CCCCCCCCCCCCCCCc1ccc(OCCC(=O)O)cc1. The van der Waals surface area contributed by atoms with Crippen molar-refractivity contribution in [2.24, 2.45) is 0 Å². The van der Waals surface area contributed by atoms with E-state index in [1.54, 1.807) is 0 Å². The first kappa shape index (κ1) is 23.5. The number of unbranched alkanes of at least 4 members (excludes halogenated alkanes) is 12. The maximum Gasteiger partial charge on any atom is 0.306 e. The van der Waals surface area contributed by atoms with Crippen LogP contribution in [0, 0.1) is 0 Å². The number of carboxylic acids is 1. The van der Waals surface area contributed by atoms with Crippen molar-refractivity contribution in [3.05, 3.63) is 29.8 Å². The Balaban J connectivity index is 1.91. The van der Waals surface area contributed by atoms with Gasteiger partial charge in [0.1, 0.15) is 5.75 Å². The third-order valence-corrected chi connectivity index (χ3v) is 5.08. The van der Waals surface area contributed by atoms with E-state index in [1.807, 2.05) is 12.1 Å². The number of carbonyl (C=O) groups is 1. The molecule has 0 fully saturated rings. The maximum absolute atomic E-state index is 10.5. The van der Waals surface area contributed by atoms with Crippen LogP contribution in [0.25, 0.3) is 0 Å². The van der Waals surface area contributed by atoms with Crippen molar-refractivity contribution in [2.45, 2.75) is 103 Å². The molecule has 0 heterocycles. The lowest BCUT2D eigenvalue weighted by molar-refractivity contribution is -0.137. The summed E-state index contributed by atoms with van der Waals surface area (Å²) < 4.78 is 5.41. The molecule has 0 atom stereocenters. The van der Waals surface area contributed by atoms with Gasteiger partial charge in [0.15, 0.2) is 0 Å². The molecule has 154 valence electrons. The van der Waals surface area contributed by atoms with Gasteiger partial charge >= 0.3 is 5.97 Å². The number of hydrogen-bond donors (Lipinski definition) is 1. The second kappa shape index (κ2) is 16.6. The first-order valence-electron chi connectivity index (χ1n) is 11.2. The third kappa shape index (κ3) is 14.2. The zero-order valence-corrected chi connectivity index (χ0v) is 17.4. The summed E-state index contributed by atoms with van der Waals surface area (Å²) in [7, 11) is 0. The first-order chi connectivity index (χ1) is 13.2. The van der Waals surface area contributed by atoms with Crippen LogP contribution in [-0.2, 0) is 11.2 Å². The molecular weight excluding hydrogens is 336 g/mol. The van der Waals surface area contributed by atoms with Gasteiger partial charge in [0, 0.05) is 0 Å². The number of benzene rings is 1. The largest absolute Gasteiger partial charge is 0.493 e. The average Bonchev–Trinajstić information content (AvgIpc) is 2.66. The van der Waals surface area contributed by atoms with Crippen LogP contribution >= 0.6 is 0 Å². The van der Waals surface area contributed by atoms with Gasteiger partial charge in [-0.05, 0) is 30.5 Å². The number of rotatable bonds is 18. The summed E-state index contributed by atoms with van der Waals surface area (Å²) in [5.41, 5.74) is 1.34. The molecule has 3 nitrogen and oxygen atoms in total. The molecule has 27 heavy (non-hydrogen) atoms. The summed E-state index contributed by atoms with van der Waals surface area (Å²) in [6.07, 6.45) is 19.2. The van der Waals surface area contributed by atoms with Crippen LogP contribution in [-0.4, -0.2) is 17.7 Å². The number of ether oxygens (including phenoxy) is 1. The zero-order chi connectivity index (χ0) is 19.6. The zero-order valence-electron chi connectivity index (χ0n) is 17.4. The molecule has 1 aromatic rings. The molecule has 0 saturated carbocycles. The minimum Gasteiger partial charge on any atom is -0.493 e. The Kier molecular flexibility index (Phi) is 14.5.